The quantitative estimate of drug-likeness (QED) is 0.802. The zero-order chi connectivity index (χ0) is 13.3. The normalized spacial score (nSPS) is 17.0. The molecule has 2 nitrogen and oxygen atoms in total. The molecule has 1 aromatic rings. The second kappa shape index (κ2) is 5.31. The summed E-state index contributed by atoms with van der Waals surface area (Å²) in [6.07, 6.45) is 3.18. The number of carbonyl (C=O) groups is 1. The standard InChI is InChI=1S/C15H19ClO2/c1-9-8-13(18-3)14(10(2)15(9)16)11-4-6-12(17)7-5-11/h8,11H,4-7H2,1-3H3. The maximum absolute atomic E-state index is 11.3. The molecule has 1 aliphatic carbocycles. The number of hydrogen-bond donors (Lipinski definition) is 0. The van der Waals surface area contributed by atoms with Gasteiger partial charge in [-0.1, -0.05) is 11.6 Å². The number of ether oxygens (including phenoxy) is 1. The summed E-state index contributed by atoms with van der Waals surface area (Å²) in [7, 11) is 1.69. The molecule has 0 saturated heterocycles. The van der Waals surface area contributed by atoms with Gasteiger partial charge in [-0.15, -0.1) is 0 Å². The third kappa shape index (κ3) is 2.39. The Labute approximate surface area is 113 Å². The number of hydrogen-bond acceptors (Lipinski definition) is 2. The van der Waals surface area contributed by atoms with Crippen LogP contribution in [-0.4, -0.2) is 12.9 Å². The minimum Gasteiger partial charge on any atom is -0.496 e. The van der Waals surface area contributed by atoms with Gasteiger partial charge in [-0.25, -0.2) is 0 Å². The molecule has 0 amide bonds. The Balaban J connectivity index is 2.42. The van der Waals surface area contributed by atoms with E-state index in [-0.39, 0.29) is 0 Å². The van der Waals surface area contributed by atoms with E-state index in [2.05, 4.69) is 0 Å². The largest absolute Gasteiger partial charge is 0.496 e. The number of methoxy groups -OCH3 is 1. The van der Waals surface area contributed by atoms with E-state index in [9.17, 15) is 4.79 Å². The molecule has 0 aliphatic heterocycles. The molecule has 0 bridgehead atoms. The van der Waals surface area contributed by atoms with Gasteiger partial charge in [0, 0.05) is 23.4 Å². The third-order valence-electron chi connectivity index (χ3n) is 3.86. The second-order valence-corrected chi connectivity index (χ2v) is 5.44. The second-order valence-electron chi connectivity index (χ2n) is 5.06. The van der Waals surface area contributed by atoms with E-state index >= 15 is 0 Å². The predicted octanol–water partition coefficient (Wildman–Crippen LogP) is 4.19. The fraction of sp³-hybridized carbons (Fsp3) is 0.533. The lowest BCUT2D eigenvalue weighted by Gasteiger charge is -2.26. The van der Waals surface area contributed by atoms with Gasteiger partial charge in [0.1, 0.15) is 11.5 Å². The zero-order valence-electron chi connectivity index (χ0n) is 11.2. The number of ketones is 1. The van der Waals surface area contributed by atoms with Crippen LogP contribution in [0.4, 0.5) is 0 Å². The molecule has 0 N–H and O–H groups in total. The van der Waals surface area contributed by atoms with Crippen molar-refractivity contribution in [2.45, 2.75) is 45.4 Å². The van der Waals surface area contributed by atoms with Crippen molar-refractivity contribution < 1.29 is 9.53 Å². The van der Waals surface area contributed by atoms with E-state index in [1.807, 2.05) is 19.9 Å². The molecular formula is C15H19ClO2. The lowest BCUT2D eigenvalue weighted by molar-refractivity contribution is -0.120. The predicted molar refractivity (Wildman–Crippen MR) is 73.7 cm³/mol. The molecule has 0 aromatic heterocycles. The first kappa shape index (κ1) is 13.4. The number of carbonyl (C=O) groups excluding carboxylic acids is 1. The van der Waals surface area contributed by atoms with E-state index in [4.69, 9.17) is 16.3 Å². The zero-order valence-corrected chi connectivity index (χ0v) is 11.9. The molecule has 0 atom stereocenters. The molecule has 2 rings (SSSR count). The number of rotatable bonds is 2. The van der Waals surface area contributed by atoms with Crippen LogP contribution in [0.1, 0.15) is 48.3 Å². The van der Waals surface area contributed by atoms with Crippen LogP contribution < -0.4 is 4.74 Å². The summed E-state index contributed by atoms with van der Waals surface area (Å²) < 4.78 is 5.50. The highest BCUT2D eigenvalue weighted by Crippen LogP contribution is 2.41. The summed E-state index contributed by atoms with van der Waals surface area (Å²) in [6, 6.07) is 2.00. The molecule has 1 saturated carbocycles. The summed E-state index contributed by atoms with van der Waals surface area (Å²) in [5.41, 5.74) is 3.34. The third-order valence-corrected chi connectivity index (χ3v) is 4.45. The molecule has 98 valence electrons. The average Bonchev–Trinajstić information content (AvgIpc) is 2.37. The van der Waals surface area contributed by atoms with Crippen LogP contribution in [-0.2, 0) is 4.79 Å². The summed E-state index contributed by atoms with van der Waals surface area (Å²) in [5, 5.41) is 0.822. The van der Waals surface area contributed by atoms with Crippen molar-refractivity contribution in [1.82, 2.24) is 0 Å². The molecule has 0 radical (unpaired) electrons. The SMILES string of the molecule is COc1cc(C)c(Cl)c(C)c1C1CCC(=O)CC1. The minimum absolute atomic E-state index is 0.376. The van der Waals surface area contributed by atoms with Crippen molar-refractivity contribution in [2.75, 3.05) is 7.11 Å². The fourth-order valence-electron chi connectivity index (χ4n) is 2.84. The highest BCUT2D eigenvalue weighted by Gasteiger charge is 2.25. The molecule has 1 fully saturated rings. The monoisotopic (exact) mass is 266 g/mol. The fourth-order valence-corrected chi connectivity index (χ4v) is 3.00. The maximum Gasteiger partial charge on any atom is 0.132 e. The van der Waals surface area contributed by atoms with Gasteiger partial charge in [0.15, 0.2) is 0 Å². The van der Waals surface area contributed by atoms with Gasteiger partial charge < -0.3 is 4.74 Å². The lowest BCUT2D eigenvalue weighted by atomic mass is 9.81. The average molecular weight is 267 g/mol. The summed E-state index contributed by atoms with van der Waals surface area (Å²) >= 11 is 6.34. The topological polar surface area (TPSA) is 26.3 Å². The van der Waals surface area contributed by atoms with Gasteiger partial charge in [-0.05, 0) is 49.8 Å². The Hall–Kier alpha value is -1.02. The summed E-state index contributed by atoms with van der Waals surface area (Å²) in [6.45, 7) is 4.04. The first-order valence-electron chi connectivity index (χ1n) is 6.40. The van der Waals surface area contributed by atoms with E-state index in [1.165, 1.54) is 5.56 Å². The van der Waals surface area contributed by atoms with Gasteiger partial charge in [-0.2, -0.15) is 0 Å². The van der Waals surface area contributed by atoms with Gasteiger partial charge >= 0.3 is 0 Å². The molecule has 0 spiro atoms. The maximum atomic E-state index is 11.3. The van der Waals surface area contributed by atoms with Crippen LogP contribution in [0.3, 0.4) is 0 Å². The van der Waals surface area contributed by atoms with Crippen molar-refractivity contribution in [3.05, 3.63) is 27.8 Å². The Morgan fingerprint density at radius 1 is 1.28 bits per heavy atom. The number of benzene rings is 1. The number of halogens is 1. The van der Waals surface area contributed by atoms with Crippen LogP contribution >= 0.6 is 11.6 Å². The van der Waals surface area contributed by atoms with Crippen molar-refractivity contribution in [3.8, 4) is 5.75 Å². The van der Waals surface area contributed by atoms with E-state index in [0.29, 0.717) is 24.5 Å². The molecule has 1 aliphatic rings. The summed E-state index contributed by atoms with van der Waals surface area (Å²) in [5.74, 6) is 1.69. The Morgan fingerprint density at radius 3 is 2.44 bits per heavy atom. The minimum atomic E-state index is 0.376. The molecule has 1 aromatic carbocycles. The van der Waals surface area contributed by atoms with Gasteiger partial charge in [0.25, 0.3) is 0 Å². The van der Waals surface area contributed by atoms with Gasteiger partial charge in [0.05, 0.1) is 7.11 Å². The first-order valence-corrected chi connectivity index (χ1v) is 6.77. The van der Waals surface area contributed by atoms with Crippen molar-refractivity contribution >= 4 is 17.4 Å². The van der Waals surface area contributed by atoms with Gasteiger partial charge in [-0.3, -0.25) is 4.79 Å². The van der Waals surface area contributed by atoms with Crippen molar-refractivity contribution in [3.63, 3.8) is 0 Å². The first-order chi connectivity index (χ1) is 8.54. The summed E-state index contributed by atoms with van der Waals surface area (Å²) in [4.78, 5) is 11.3. The van der Waals surface area contributed by atoms with Crippen LogP contribution in [0.25, 0.3) is 0 Å². The van der Waals surface area contributed by atoms with Crippen molar-refractivity contribution in [1.29, 1.82) is 0 Å². The van der Waals surface area contributed by atoms with Crippen LogP contribution in [0.15, 0.2) is 6.07 Å². The van der Waals surface area contributed by atoms with Crippen molar-refractivity contribution in [2.24, 2.45) is 0 Å². The Kier molecular flexibility index (Phi) is 3.96. The van der Waals surface area contributed by atoms with Gasteiger partial charge in [0.2, 0.25) is 0 Å². The molecular weight excluding hydrogens is 248 g/mol. The highest BCUT2D eigenvalue weighted by molar-refractivity contribution is 6.32. The Bertz CT molecular complexity index is 470. The lowest BCUT2D eigenvalue weighted by Crippen LogP contribution is -2.14. The van der Waals surface area contributed by atoms with E-state index < -0.39 is 0 Å². The van der Waals surface area contributed by atoms with E-state index in [1.54, 1.807) is 7.11 Å². The smallest absolute Gasteiger partial charge is 0.132 e. The number of aryl methyl sites for hydroxylation is 1. The Morgan fingerprint density at radius 2 is 1.89 bits per heavy atom. The molecule has 3 heteroatoms. The van der Waals surface area contributed by atoms with Crippen LogP contribution in [0.2, 0.25) is 5.02 Å². The highest BCUT2D eigenvalue weighted by atomic mass is 35.5. The molecule has 0 unspecified atom stereocenters. The number of Topliss-reactive ketones (excluding diaryl/α,β-unsaturated/α-hetero) is 1. The molecule has 18 heavy (non-hydrogen) atoms. The van der Waals surface area contributed by atoms with E-state index in [0.717, 1.165) is 34.7 Å². The molecule has 0 heterocycles. The van der Waals surface area contributed by atoms with Crippen LogP contribution in [0, 0.1) is 13.8 Å². The van der Waals surface area contributed by atoms with Crippen LogP contribution in [0.5, 0.6) is 5.75 Å².